The predicted octanol–water partition coefficient (Wildman–Crippen LogP) is 3.61. The zero-order chi connectivity index (χ0) is 20.9. The maximum Gasteiger partial charge on any atom is 0.220 e. The second-order valence-electron chi connectivity index (χ2n) is 7.78. The molecule has 1 aromatic heterocycles. The fourth-order valence-electron chi connectivity index (χ4n) is 3.90. The Morgan fingerprint density at radius 3 is 2.86 bits per heavy atom. The van der Waals surface area contributed by atoms with Crippen LogP contribution in [0.4, 0.5) is 4.39 Å². The van der Waals surface area contributed by atoms with Crippen molar-refractivity contribution in [3.63, 3.8) is 0 Å². The van der Waals surface area contributed by atoms with E-state index in [1.807, 2.05) is 12.3 Å². The number of ether oxygens (including phenoxy) is 1. The number of benzene rings is 1. The number of thiophene rings is 1. The van der Waals surface area contributed by atoms with Crippen LogP contribution in [0.3, 0.4) is 0 Å². The van der Waals surface area contributed by atoms with Gasteiger partial charge in [0, 0.05) is 24.4 Å². The lowest BCUT2D eigenvalue weighted by atomic mass is 9.85. The van der Waals surface area contributed by atoms with Crippen molar-refractivity contribution in [3.8, 4) is 5.75 Å². The van der Waals surface area contributed by atoms with Crippen molar-refractivity contribution in [2.45, 2.75) is 57.0 Å². The minimum absolute atomic E-state index is 0.00897. The van der Waals surface area contributed by atoms with Crippen LogP contribution in [-0.4, -0.2) is 30.5 Å². The first-order valence-corrected chi connectivity index (χ1v) is 10.8. The van der Waals surface area contributed by atoms with Crippen LogP contribution in [0, 0.1) is 5.82 Å². The van der Waals surface area contributed by atoms with Crippen molar-refractivity contribution in [3.05, 3.63) is 52.0 Å². The van der Waals surface area contributed by atoms with Gasteiger partial charge in [0.2, 0.25) is 11.8 Å². The molecule has 1 aliphatic heterocycles. The highest BCUT2D eigenvalue weighted by molar-refractivity contribution is 7.07. The second kappa shape index (κ2) is 9.39. The zero-order valence-corrected chi connectivity index (χ0v) is 17.6. The number of amides is 2. The van der Waals surface area contributed by atoms with Gasteiger partial charge in [-0.25, -0.2) is 4.39 Å². The standard InChI is InChI=1S/C22H27FN2O3S/c1-15(11-17-7-10-29-14-17)24-20(26)5-8-22(9-6-21(27)25-22)13-16-3-4-18(23)19(12-16)28-2/h3-4,7,10,12,14-15H,5-6,8-9,11,13H2,1-2H3,(H,24,26)(H,25,27)/t15-,22-/m0/s1. The van der Waals surface area contributed by atoms with Gasteiger partial charge in [0.1, 0.15) is 0 Å². The van der Waals surface area contributed by atoms with Crippen molar-refractivity contribution >= 4 is 23.2 Å². The summed E-state index contributed by atoms with van der Waals surface area (Å²) in [6.45, 7) is 1.99. The van der Waals surface area contributed by atoms with Crippen LogP contribution in [0.25, 0.3) is 0 Å². The van der Waals surface area contributed by atoms with E-state index in [1.165, 1.54) is 18.7 Å². The molecule has 156 valence electrons. The van der Waals surface area contributed by atoms with Gasteiger partial charge in [-0.1, -0.05) is 6.07 Å². The summed E-state index contributed by atoms with van der Waals surface area (Å²) in [7, 11) is 1.43. The van der Waals surface area contributed by atoms with Gasteiger partial charge in [-0.2, -0.15) is 11.3 Å². The molecule has 2 N–H and O–H groups in total. The molecule has 1 aromatic carbocycles. The Morgan fingerprint density at radius 2 is 2.21 bits per heavy atom. The van der Waals surface area contributed by atoms with Crippen molar-refractivity contribution in [1.29, 1.82) is 0 Å². The third-order valence-corrected chi connectivity index (χ3v) is 6.09. The van der Waals surface area contributed by atoms with Gasteiger partial charge in [-0.15, -0.1) is 0 Å². The molecule has 1 aliphatic rings. The van der Waals surface area contributed by atoms with E-state index in [1.54, 1.807) is 23.5 Å². The molecule has 0 bridgehead atoms. The predicted molar refractivity (Wildman–Crippen MR) is 112 cm³/mol. The lowest BCUT2D eigenvalue weighted by Gasteiger charge is -2.29. The first-order chi connectivity index (χ1) is 13.9. The Morgan fingerprint density at radius 1 is 1.38 bits per heavy atom. The van der Waals surface area contributed by atoms with E-state index in [4.69, 9.17) is 4.74 Å². The summed E-state index contributed by atoms with van der Waals surface area (Å²) in [5.74, 6) is -0.267. The first kappa shape index (κ1) is 21.3. The lowest BCUT2D eigenvalue weighted by molar-refractivity contribution is -0.123. The number of carbonyl (C=O) groups excluding carboxylic acids is 2. The Balaban J connectivity index is 1.60. The molecule has 7 heteroatoms. The minimum Gasteiger partial charge on any atom is -0.494 e. The van der Waals surface area contributed by atoms with Crippen LogP contribution in [0.5, 0.6) is 5.75 Å². The topological polar surface area (TPSA) is 67.4 Å². The van der Waals surface area contributed by atoms with Crippen molar-refractivity contribution in [2.24, 2.45) is 0 Å². The molecule has 5 nitrogen and oxygen atoms in total. The van der Waals surface area contributed by atoms with Crippen LogP contribution < -0.4 is 15.4 Å². The van der Waals surface area contributed by atoms with Crippen molar-refractivity contribution in [1.82, 2.24) is 10.6 Å². The Labute approximate surface area is 174 Å². The van der Waals surface area contributed by atoms with Gasteiger partial charge < -0.3 is 15.4 Å². The molecule has 0 saturated carbocycles. The smallest absolute Gasteiger partial charge is 0.220 e. The summed E-state index contributed by atoms with van der Waals surface area (Å²) in [4.78, 5) is 24.4. The van der Waals surface area contributed by atoms with Crippen molar-refractivity contribution < 1.29 is 18.7 Å². The second-order valence-corrected chi connectivity index (χ2v) is 8.56. The quantitative estimate of drug-likeness (QED) is 0.654. The molecule has 2 aromatic rings. The number of methoxy groups -OCH3 is 1. The third kappa shape index (κ3) is 5.79. The van der Waals surface area contributed by atoms with Gasteiger partial charge >= 0.3 is 0 Å². The van der Waals surface area contributed by atoms with E-state index < -0.39 is 11.4 Å². The molecular weight excluding hydrogens is 391 g/mol. The van der Waals surface area contributed by atoms with E-state index in [0.29, 0.717) is 32.1 Å². The van der Waals surface area contributed by atoms with Crippen LogP contribution in [-0.2, 0) is 22.4 Å². The van der Waals surface area contributed by atoms with Crippen molar-refractivity contribution in [2.75, 3.05) is 7.11 Å². The molecule has 1 saturated heterocycles. The van der Waals surface area contributed by atoms with E-state index >= 15 is 0 Å². The monoisotopic (exact) mass is 418 g/mol. The first-order valence-electron chi connectivity index (χ1n) is 9.83. The maximum absolute atomic E-state index is 13.7. The molecule has 3 rings (SSSR count). The Bertz CT molecular complexity index is 856. The normalized spacial score (nSPS) is 19.6. The van der Waals surface area contributed by atoms with E-state index in [9.17, 15) is 14.0 Å². The SMILES string of the molecule is COc1cc(C[C@]2(CCC(=O)N[C@@H](C)Cc3ccsc3)CCC(=O)N2)ccc1F. The molecule has 1 fully saturated rings. The molecule has 2 amide bonds. The van der Waals surface area contributed by atoms with Crippen LogP contribution in [0.15, 0.2) is 35.0 Å². The number of halogens is 1. The summed E-state index contributed by atoms with van der Waals surface area (Å²) in [6.07, 6.45) is 3.29. The average molecular weight is 419 g/mol. The summed E-state index contributed by atoms with van der Waals surface area (Å²) in [5.41, 5.74) is 1.60. The number of nitrogens with one attached hydrogen (secondary N) is 2. The summed E-state index contributed by atoms with van der Waals surface area (Å²) >= 11 is 1.65. The fraction of sp³-hybridized carbons (Fsp3) is 0.455. The number of hydrogen-bond acceptors (Lipinski definition) is 4. The number of hydrogen-bond donors (Lipinski definition) is 2. The van der Waals surface area contributed by atoms with Gasteiger partial charge in [-0.05, 0) is 72.7 Å². The highest BCUT2D eigenvalue weighted by Gasteiger charge is 2.38. The Hall–Kier alpha value is -2.41. The molecule has 0 aliphatic carbocycles. The van der Waals surface area contributed by atoms with Gasteiger partial charge in [0.05, 0.1) is 7.11 Å². The van der Waals surface area contributed by atoms with Gasteiger partial charge in [0.25, 0.3) is 0 Å². The van der Waals surface area contributed by atoms with Crippen LogP contribution in [0.2, 0.25) is 0 Å². The summed E-state index contributed by atoms with van der Waals surface area (Å²) < 4.78 is 18.8. The van der Waals surface area contributed by atoms with Gasteiger partial charge in [0.15, 0.2) is 11.6 Å². The molecule has 0 spiro atoms. The largest absolute Gasteiger partial charge is 0.494 e. The highest BCUT2D eigenvalue weighted by atomic mass is 32.1. The van der Waals surface area contributed by atoms with E-state index in [2.05, 4.69) is 22.1 Å². The van der Waals surface area contributed by atoms with Crippen LogP contribution >= 0.6 is 11.3 Å². The van der Waals surface area contributed by atoms with E-state index in [0.717, 1.165) is 12.0 Å². The maximum atomic E-state index is 13.7. The molecule has 2 heterocycles. The molecule has 2 atom stereocenters. The van der Waals surface area contributed by atoms with E-state index in [-0.39, 0.29) is 23.6 Å². The highest BCUT2D eigenvalue weighted by Crippen LogP contribution is 2.31. The number of carbonyl (C=O) groups is 2. The van der Waals surface area contributed by atoms with Crippen LogP contribution in [0.1, 0.15) is 43.7 Å². The third-order valence-electron chi connectivity index (χ3n) is 5.35. The number of rotatable bonds is 9. The Kier molecular flexibility index (Phi) is 6.90. The molecular formula is C22H27FN2O3S. The summed E-state index contributed by atoms with van der Waals surface area (Å²) in [5, 5.41) is 10.2. The lowest BCUT2D eigenvalue weighted by Crippen LogP contribution is -2.45. The van der Waals surface area contributed by atoms with Gasteiger partial charge in [-0.3, -0.25) is 9.59 Å². The molecule has 0 unspecified atom stereocenters. The fourth-order valence-corrected chi connectivity index (χ4v) is 4.58. The minimum atomic E-state index is -0.492. The zero-order valence-electron chi connectivity index (χ0n) is 16.8. The molecule has 0 radical (unpaired) electrons. The molecule has 29 heavy (non-hydrogen) atoms. The summed E-state index contributed by atoms with van der Waals surface area (Å²) in [6, 6.07) is 6.84. The average Bonchev–Trinajstić information content (AvgIpc) is 3.32.